The van der Waals surface area contributed by atoms with Crippen molar-refractivity contribution in [3.63, 3.8) is 0 Å². The van der Waals surface area contributed by atoms with Crippen LogP contribution in [0.15, 0.2) is 0 Å². The summed E-state index contributed by atoms with van der Waals surface area (Å²) < 4.78 is 0. The third-order valence-corrected chi connectivity index (χ3v) is 2.11. The Labute approximate surface area is 86.0 Å². The second-order valence-corrected chi connectivity index (χ2v) is 3.32. The highest BCUT2D eigenvalue weighted by molar-refractivity contribution is 5.91. The molecule has 1 aliphatic heterocycles. The molecule has 15 heavy (non-hydrogen) atoms. The molecule has 1 unspecified atom stereocenters. The Bertz CT molecular complexity index is 292. The first-order valence-corrected chi connectivity index (χ1v) is 4.55. The molecule has 1 heterocycles. The van der Waals surface area contributed by atoms with Gasteiger partial charge in [-0.3, -0.25) is 14.4 Å². The summed E-state index contributed by atoms with van der Waals surface area (Å²) in [5.74, 6) is -1.49. The highest BCUT2D eigenvalue weighted by atomic mass is 16.3. The summed E-state index contributed by atoms with van der Waals surface area (Å²) in [4.78, 5) is 32.6. The fourth-order valence-corrected chi connectivity index (χ4v) is 1.23. The van der Waals surface area contributed by atoms with Crippen molar-refractivity contribution in [2.75, 3.05) is 6.54 Å². The van der Waals surface area contributed by atoms with Crippen LogP contribution in [0.4, 0.5) is 0 Å². The molecule has 7 nitrogen and oxygen atoms in total. The van der Waals surface area contributed by atoms with Gasteiger partial charge < -0.3 is 21.5 Å². The van der Waals surface area contributed by atoms with Crippen LogP contribution < -0.4 is 16.4 Å². The van der Waals surface area contributed by atoms with Gasteiger partial charge in [-0.15, -0.1) is 0 Å². The number of carbonyl (C=O) groups excluding carboxylic acids is 3. The molecule has 0 aromatic heterocycles. The zero-order valence-electron chi connectivity index (χ0n) is 8.03. The first-order chi connectivity index (χ1) is 7.00. The van der Waals surface area contributed by atoms with E-state index in [0.717, 1.165) is 0 Å². The van der Waals surface area contributed by atoms with Gasteiger partial charge in [-0.1, -0.05) is 0 Å². The Morgan fingerprint density at radius 2 is 2.33 bits per heavy atom. The molecule has 2 atom stereocenters. The van der Waals surface area contributed by atoms with Crippen LogP contribution in [0.5, 0.6) is 0 Å². The number of carbonyl (C=O) groups is 3. The van der Waals surface area contributed by atoms with Crippen molar-refractivity contribution in [3.05, 3.63) is 0 Å². The largest absolute Gasteiger partial charge is 0.381 e. The number of aliphatic hydroxyl groups is 1. The maximum Gasteiger partial charge on any atom is 0.248 e. The molecular weight excluding hydrogens is 202 g/mol. The normalized spacial score (nSPS) is 21.9. The molecule has 1 saturated heterocycles. The molecule has 5 N–H and O–H groups in total. The summed E-state index contributed by atoms with van der Waals surface area (Å²) in [6, 6.07) is -0.572. The molecule has 1 aliphatic rings. The SMILES string of the molecule is NC(=O)C(O)CNC(=O)[C@@H]1CCC(=O)N1. The maximum atomic E-state index is 11.3. The van der Waals surface area contributed by atoms with Crippen molar-refractivity contribution in [3.8, 4) is 0 Å². The van der Waals surface area contributed by atoms with Crippen molar-refractivity contribution < 1.29 is 19.5 Å². The Kier molecular flexibility index (Phi) is 3.62. The summed E-state index contributed by atoms with van der Waals surface area (Å²) in [5.41, 5.74) is 4.79. The summed E-state index contributed by atoms with van der Waals surface area (Å²) in [6.45, 7) is -0.236. The minimum Gasteiger partial charge on any atom is -0.381 e. The minimum absolute atomic E-state index is 0.175. The number of nitrogens with two attached hydrogens (primary N) is 1. The minimum atomic E-state index is -1.40. The molecular formula is C8H13N3O4. The Balaban J connectivity index is 2.30. The van der Waals surface area contributed by atoms with E-state index < -0.39 is 24.0 Å². The number of amides is 3. The second kappa shape index (κ2) is 4.74. The van der Waals surface area contributed by atoms with Crippen LogP contribution in [0.25, 0.3) is 0 Å². The average molecular weight is 215 g/mol. The molecule has 0 aromatic rings. The molecule has 1 fully saturated rings. The lowest BCUT2D eigenvalue weighted by Crippen LogP contribution is -2.46. The molecule has 0 aliphatic carbocycles. The Morgan fingerprint density at radius 3 is 2.80 bits per heavy atom. The lowest BCUT2D eigenvalue weighted by Gasteiger charge is -2.12. The maximum absolute atomic E-state index is 11.3. The third-order valence-electron chi connectivity index (χ3n) is 2.11. The monoisotopic (exact) mass is 215 g/mol. The van der Waals surface area contributed by atoms with Crippen molar-refractivity contribution in [1.82, 2.24) is 10.6 Å². The first kappa shape index (κ1) is 11.4. The Morgan fingerprint density at radius 1 is 1.67 bits per heavy atom. The Hall–Kier alpha value is -1.63. The van der Waals surface area contributed by atoms with Gasteiger partial charge in [-0.2, -0.15) is 0 Å². The number of hydrogen-bond donors (Lipinski definition) is 4. The molecule has 0 aromatic carbocycles. The molecule has 84 valence electrons. The van der Waals surface area contributed by atoms with E-state index >= 15 is 0 Å². The van der Waals surface area contributed by atoms with E-state index in [1.165, 1.54) is 0 Å². The standard InChI is InChI=1S/C8H13N3O4/c9-7(14)5(12)3-10-8(15)4-1-2-6(13)11-4/h4-5,12H,1-3H2,(H2,9,14)(H,10,15)(H,11,13)/t4-,5?/m0/s1. The van der Waals surface area contributed by atoms with Crippen LogP contribution in [0, 0.1) is 0 Å². The molecule has 1 rings (SSSR count). The number of hydrogen-bond acceptors (Lipinski definition) is 4. The van der Waals surface area contributed by atoms with E-state index in [4.69, 9.17) is 10.8 Å². The lowest BCUT2D eigenvalue weighted by molar-refractivity contribution is -0.128. The van der Waals surface area contributed by atoms with Gasteiger partial charge in [0, 0.05) is 6.42 Å². The van der Waals surface area contributed by atoms with Crippen molar-refractivity contribution in [1.29, 1.82) is 0 Å². The number of rotatable bonds is 4. The summed E-state index contributed by atoms with van der Waals surface area (Å²) in [6.07, 6.45) is -0.653. The topological polar surface area (TPSA) is 122 Å². The van der Waals surface area contributed by atoms with Crippen LogP contribution >= 0.6 is 0 Å². The van der Waals surface area contributed by atoms with Gasteiger partial charge in [0.1, 0.15) is 12.1 Å². The van der Waals surface area contributed by atoms with Crippen LogP contribution in [0.1, 0.15) is 12.8 Å². The van der Waals surface area contributed by atoms with Gasteiger partial charge in [0.05, 0.1) is 6.54 Å². The van der Waals surface area contributed by atoms with Crippen molar-refractivity contribution in [2.24, 2.45) is 5.73 Å². The van der Waals surface area contributed by atoms with Crippen LogP contribution in [-0.2, 0) is 14.4 Å². The molecule has 7 heteroatoms. The van der Waals surface area contributed by atoms with Crippen LogP contribution in [0.2, 0.25) is 0 Å². The highest BCUT2D eigenvalue weighted by Crippen LogP contribution is 2.05. The fourth-order valence-electron chi connectivity index (χ4n) is 1.23. The van der Waals surface area contributed by atoms with E-state index in [-0.39, 0.29) is 12.5 Å². The van der Waals surface area contributed by atoms with Gasteiger partial charge in [0.2, 0.25) is 17.7 Å². The summed E-state index contributed by atoms with van der Waals surface area (Å²) in [5, 5.41) is 13.8. The van der Waals surface area contributed by atoms with Gasteiger partial charge in [-0.25, -0.2) is 0 Å². The summed E-state index contributed by atoms with van der Waals surface area (Å²) >= 11 is 0. The fraction of sp³-hybridized carbons (Fsp3) is 0.625. The predicted octanol–water partition coefficient (Wildman–Crippen LogP) is -2.77. The second-order valence-electron chi connectivity index (χ2n) is 3.32. The van der Waals surface area contributed by atoms with Gasteiger partial charge in [-0.05, 0) is 6.42 Å². The van der Waals surface area contributed by atoms with Crippen molar-refractivity contribution in [2.45, 2.75) is 25.0 Å². The van der Waals surface area contributed by atoms with Crippen LogP contribution in [0.3, 0.4) is 0 Å². The smallest absolute Gasteiger partial charge is 0.248 e. The molecule has 0 saturated carbocycles. The lowest BCUT2D eigenvalue weighted by atomic mass is 10.2. The number of primary amides is 1. The average Bonchev–Trinajstić information content (AvgIpc) is 2.60. The van der Waals surface area contributed by atoms with E-state index in [2.05, 4.69) is 10.6 Å². The first-order valence-electron chi connectivity index (χ1n) is 4.55. The molecule has 0 radical (unpaired) electrons. The molecule has 0 spiro atoms. The zero-order chi connectivity index (χ0) is 11.4. The zero-order valence-corrected chi connectivity index (χ0v) is 8.03. The van der Waals surface area contributed by atoms with Crippen molar-refractivity contribution >= 4 is 17.7 Å². The van der Waals surface area contributed by atoms with Crippen LogP contribution in [-0.4, -0.2) is 41.5 Å². The third kappa shape index (κ3) is 3.21. The predicted molar refractivity (Wildman–Crippen MR) is 49.4 cm³/mol. The number of nitrogens with one attached hydrogen (secondary N) is 2. The molecule has 0 bridgehead atoms. The van der Waals surface area contributed by atoms with E-state index in [1.54, 1.807) is 0 Å². The molecule has 3 amide bonds. The van der Waals surface area contributed by atoms with Gasteiger partial charge in [0.25, 0.3) is 0 Å². The van der Waals surface area contributed by atoms with E-state index in [0.29, 0.717) is 12.8 Å². The van der Waals surface area contributed by atoms with E-state index in [1.807, 2.05) is 0 Å². The van der Waals surface area contributed by atoms with Gasteiger partial charge >= 0.3 is 0 Å². The number of aliphatic hydroxyl groups excluding tert-OH is 1. The van der Waals surface area contributed by atoms with Gasteiger partial charge in [0.15, 0.2) is 0 Å². The van der Waals surface area contributed by atoms with E-state index in [9.17, 15) is 14.4 Å². The highest BCUT2D eigenvalue weighted by Gasteiger charge is 2.27. The quantitative estimate of drug-likeness (QED) is 0.405. The summed E-state index contributed by atoms with van der Waals surface area (Å²) in [7, 11) is 0.